The van der Waals surface area contributed by atoms with Crippen LogP contribution in [0.5, 0.6) is 17.2 Å². The number of esters is 1. The lowest BCUT2D eigenvalue weighted by atomic mass is 10.1. The molecule has 0 aromatic heterocycles. The SMILES string of the molecule is COc1cc(CC(=O)OC(C(=O)NC(N)=O)C(C)C)cc(OC)c1OC. The molecule has 0 aliphatic heterocycles. The third-order valence-corrected chi connectivity index (χ3v) is 3.44. The number of carbonyl (C=O) groups excluding carboxylic acids is 3. The molecule has 144 valence electrons. The first-order valence-corrected chi connectivity index (χ1v) is 7.82. The number of imide groups is 1. The van der Waals surface area contributed by atoms with E-state index in [-0.39, 0.29) is 12.3 Å². The van der Waals surface area contributed by atoms with Gasteiger partial charge in [0.25, 0.3) is 5.91 Å². The maximum atomic E-state index is 12.2. The van der Waals surface area contributed by atoms with Crippen molar-refractivity contribution < 1.29 is 33.3 Å². The molecular formula is C17H24N2O7. The number of ether oxygens (including phenoxy) is 4. The monoisotopic (exact) mass is 368 g/mol. The number of rotatable bonds is 8. The van der Waals surface area contributed by atoms with Gasteiger partial charge in [-0.2, -0.15) is 0 Å². The standard InChI is InChI=1S/C17H24N2O7/c1-9(2)14(16(21)19-17(18)22)26-13(20)8-10-6-11(23-3)15(25-5)12(7-10)24-4/h6-7,9,14H,8H2,1-5H3,(H3,18,19,21,22). The van der Waals surface area contributed by atoms with Gasteiger partial charge < -0.3 is 24.7 Å². The zero-order valence-electron chi connectivity index (χ0n) is 15.5. The Hall–Kier alpha value is -2.97. The molecule has 1 aromatic rings. The highest BCUT2D eigenvalue weighted by Gasteiger charge is 2.27. The fourth-order valence-electron chi connectivity index (χ4n) is 2.27. The molecule has 0 aliphatic carbocycles. The molecule has 0 heterocycles. The van der Waals surface area contributed by atoms with E-state index in [4.69, 9.17) is 24.7 Å². The van der Waals surface area contributed by atoms with Gasteiger partial charge in [0.2, 0.25) is 5.75 Å². The average molecular weight is 368 g/mol. The van der Waals surface area contributed by atoms with Crippen LogP contribution in [0.3, 0.4) is 0 Å². The molecule has 0 saturated heterocycles. The van der Waals surface area contributed by atoms with Gasteiger partial charge in [0.15, 0.2) is 17.6 Å². The van der Waals surface area contributed by atoms with Crippen LogP contribution in [0, 0.1) is 5.92 Å². The molecule has 0 fully saturated rings. The lowest BCUT2D eigenvalue weighted by Gasteiger charge is -2.20. The first-order chi connectivity index (χ1) is 12.2. The normalized spacial score (nSPS) is 11.5. The smallest absolute Gasteiger partial charge is 0.318 e. The zero-order valence-corrected chi connectivity index (χ0v) is 15.5. The Balaban J connectivity index is 2.95. The van der Waals surface area contributed by atoms with E-state index in [1.165, 1.54) is 21.3 Å². The molecule has 9 heteroatoms. The highest BCUT2D eigenvalue weighted by molar-refractivity contribution is 5.96. The van der Waals surface area contributed by atoms with E-state index in [1.54, 1.807) is 26.0 Å². The van der Waals surface area contributed by atoms with E-state index in [0.717, 1.165) is 0 Å². The van der Waals surface area contributed by atoms with Gasteiger partial charge in [0.1, 0.15) is 0 Å². The van der Waals surface area contributed by atoms with E-state index in [0.29, 0.717) is 22.8 Å². The molecule has 3 N–H and O–H groups in total. The van der Waals surface area contributed by atoms with E-state index in [9.17, 15) is 14.4 Å². The second kappa shape index (κ2) is 9.50. The van der Waals surface area contributed by atoms with E-state index in [2.05, 4.69) is 0 Å². The number of amides is 3. The number of urea groups is 1. The summed E-state index contributed by atoms with van der Waals surface area (Å²) in [6.07, 6.45) is -1.28. The Morgan fingerprint density at radius 3 is 1.96 bits per heavy atom. The number of primary amides is 1. The van der Waals surface area contributed by atoms with E-state index < -0.39 is 24.0 Å². The first kappa shape index (κ1) is 21.1. The fraction of sp³-hybridized carbons (Fsp3) is 0.471. The van der Waals surface area contributed by atoms with Gasteiger partial charge in [-0.15, -0.1) is 0 Å². The maximum Gasteiger partial charge on any atom is 0.318 e. The predicted molar refractivity (Wildman–Crippen MR) is 92.2 cm³/mol. The minimum atomic E-state index is -1.14. The fourth-order valence-corrected chi connectivity index (χ4v) is 2.27. The van der Waals surface area contributed by atoms with Gasteiger partial charge in [-0.1, -0.05) is 13.8 Å². The minimum Gasteiger partial charge on any atom is -0.493 e. The summed E-state index contributed by atoms with van der Waals surface area (Å²) >= 11 is 0. The molecule has 1 aromatic carbocycles. The summed E-state index contributed by atoms with van der Waals surface area (Å²) in [4.78, 5) is 35.0. The predicted octanol–water partition coefficient (Wildman–Crippen LogP) is 1.02. The average Bonchev–Trinajstić information content (AvgIpc) is 2.57. The number of nitrogens with two attached hydrogens (primary N) is 1. The zero-order chi connectivity index (χ0) is 19.9. The molecular weight excluding hydrogens is 344 g/mol. The Bertz CT molecular complexity index is 648. The van der Waals surface area contributed by atoms with Crippen LogP contribution in [0.1, 0.15) is 19.4 Å². The van der Waals surface area contributed by atoms with Gasteiger partial charge in [0.05, 0.1) is 27.8 Å². The summed E-state index contributed by atoms with van der Waals surface area (Å²) < 4.78 is 20.9. The Kier molecular flexibility index (Phi) is 7.70. The summed E-state index contributed by atoms with van der Waals surface area (Å²) in [5.41, 5.74) is 5.47. The van der Waals surface area contributed by atoms with Gasteiger partial charge in [0, 0.05) is 0 Å². The number of nitrogens with one attached hydrogen (secondary N) is 1. The van der Waals surface area contributed by atoms with Crippen molar-refractivity contribution in [3.8, 4) is 17.2 Å². The molecule has 0 bridgehead atoms. The third-order valence-electron chi connectivity index (χ3n) is 3.44. The quantitative estimate of drug-likeness (QED) is 0.656. The maximum absolute atomic E-state index is 12.2. The summed E-state index contributed by atoms with van der Waals surface area (Å²) in [7, 11) is 4.39. The largest absolute Gasteiger partial charge is 0.493 e. The molecule has 3 amide bonds. The van der Waals surface area contributed by atoms with Crippen LogP contribution >= 0.6 is 0 Å². The summed E-state index contributed by atoms with van der Waals surface area (Å²) in [5, 5.41) is 1.91. The number of hydrogen-bond donors (Lipinski definition) is 2. The van der Waals surface area contributed by atoms with Gasteiger partial charge in [-0.05, 0) is 23.6 Å². The van der Waals surface area contributed by atoms with Crippen LogP contribution in [-0.4, -0.2) is 45.3 Å². The molecule has 1 unspecified atom stereocenters. The van der Waals surface area contributed by atoms with Crippen molar-refractivity contribution >= 4 is 17.9 Å². The Labute approximate surface area is 151 Å². The Morgan fingerprint density at radius 1 is 1.04 bits per heavy atom. The molecule has 1 rings (SSSR count). The van der Waals surface area contributed by atoms with Crippen LogP contribution < -0.4 is 25.3 Å². The van der Waals surface area contributed by atoms with Crippen LogP contribution in [0.2, 0.25) is 0 Å². The van der Waals surface area contributed by atoms with Gasteiger partial charge >= 0.3 is 12.0 Å². The highest BCUT2D eigenvalue weighted by Crippen LogP contribution is 2.38. The number of carbonyl (C=O) groups is 3. The van der Waals surface area contributed by atoms with Crippen LogP contribution in [0.25, 0.3) is 0 Å². The molecule has 0 aliphatic rings. The van der Waals surface area contributed by atoms with E-state index in [1.807, 2.05) is 5.32 Å². The topological polar surface area (TPSA) is 126 Å². The van der Waals surface area contributed by atoms with Crippen molar-refractivity contribution in [2.24, 2.45) is 11.7 Å². The summed E-state index contributed by atoms with van der Waals surface area (Å²) in [6.45, 7) is 3.36. The highest BCUT2D eigenvalue weighted by atomic mass is 16.5. The number of hydrogen-bond acceptors (Lipinski definition) is 7. The Morgan fingerprint density at radius 2 is 1.58 bits per heavy atom. The summed E-state index contributed by atoms with van der Waals surface area (Å²) in [6, 6.07) is 2.20. The third kappa shape index (κ3) is 5.54. The van der Waals surface area contributed by atoms with Crippen molar-refractivity contribution in [3.63, 3.8) is 0 Å². The van der Waals surface area contributed by atoms with Crippen molar-refractivity contribution in [3.05, 3.63) is 17.7 Å². The van der Waals surface area contributed by atoms with Gasteiger partial charge in [-0.3, -0.25) is 14.9 Å². The molecule has 26 heavy (non-hydrogen) atoms. The summed E-state index contributed by atoms with van der Waals surface area (Å²) in [5.74, 6) is -0.599. The van der Waals surface area contributed by atoms with E-state index >= 15 is 0 Å². The van der Waals surface area contributed by atoms with Crippen molar-refractivity contribution in [2.75, 3.05) is 21.3 Å². The number of methoxy groups -OCH3 is 3. The van der Waals surface area contributed by atoms with Crippen LogP contribution in [0.4, 0.5) is 4.79 Å². The molecule has 0 radical (unpaired) electrons. The second-order valence-electron chi connectivity index (χ2n) is 5.72. The first-order valence-electron chi connectivity index (χ1n) is 7.82. The lowest BCUT2D eigenvalue weighted by molar-refractivity contribution is -0.157. The van der Waals surface area contributed by atoms with Crippen LogP contribution in [-0.2, 0) is 20.7 Å². The van der Waals surface area contributed by atoms with Gasteiger partial charge in [-0.25, -0.2) is 4.79 Å². The van der Waals surface area contributed by atoms with Crippen molar-refractivity contribution in [2.45, 2.75) is 26.4 Å². The lowest BCUT2D eigenvalue weighted by Crippen LogP contribution is -2.45. The van der Waals surface area contributed by atoms with Crippen LogP contribution in [0.15, 0.2) is 12.1 Å². The molecule has 1 atom stereocenters. The number of benzene rings is 1. The molecule has 0 saturated carbocycles. The van der Waals surface area contributed by atoms with Crippen molar-refractivity contribution in [1.82, 2.24) is 5.32 Å². The minimum absolute atomic E-state index is 0.135. The molecule has 0 spiro atoms. The van der Waals surface area contributed by atoms with Crippen molar-refractivity contribution in [1.29, 1.82) is 0 Å². The molecule has 9 nitrogen and oxygen atoms in total. The second-order valence-corrected chi connectivity index (χ2v) is 5.72.